The number of pyridine rings is 1. The molecule has 2 aliphatic heterocycles. The van der Waals surface area contributed by atoms with E-state index in [9.17, 15) is 0 Å². The summed E-state index contributed by atoms with van der Waals surface area (Å²) in [6.07, 6.45) is 8.42. The molecule has 0 radical (unpaired) electrons. The van der Waals surface area contributed by atoms with Crippen LogP contribution in [0.25, 0.3) is 22.2 Å². The molecule has 2 fully saturated rings. The third kappa shape index (κ3) is 3.85. The quantitative estimate of drug-likeness (QED) is 0.312. The average Bonchev–Trinajstić information content (AvgIpc) is 3.61. The van der Waals surface area contributed by atoms with Crippen LogP contribution in [0.1, 0.15) is 42.4 Å². The summed E-state index contributed by atoms with van der Waals surface area (Å²) in [7, 11) is 0. The van der Waals surface area contributed by atoms with Crippen molar-refractivity contribution in [3.63, 3.8) is 0 Å². The van der Waals surface area contributed by atoms with Gasteiger partial charge in [-0.25, -0.2) is 10.4 Å². The van der Waals surface area contributed by atoms with Crippen LogP contribution < -0.4 is 21.5 Å². The molecule has 1 aromatic carbocycles. The number of nitrogens with zero attached hydrogens (tertiary/aromatic N) is 2. The molecule has 8 heteroatoms. The number of nitrogens with one attached hydrogen (secondary N) is 5. The first kappa shape index (κ1) is 20.6. The molecule has 0 amide bonds. The van der Waals surface area contributed by atoms with Crippen LogP contribution in [0.3, 0.4) is 0 Å². The van der Waals surface area contributed by atoms with Gasteiger partial charge >= 0.3 is 0 Å². The van der Waals surface area contributed by atoms with Crippen LogP contribution >= 0.6 is 0 Å². The van der Waals surface area contributed by atoms with E-state index in [4.69, 9.17) is 9.40 Å². The predicted octanol–water partition coefficient (Wildman–Crippen LogP) is 3.20. The van der Waals surface area contributed by atoms with Crippen LogP contribution in [0.4, 0.5) is 0 Å². The fourth-order valence-corrected chi connectivity index (χ4v) is 5.21. The fourth-order valence-electron chi connectivity index (χ4n) is 5.21. The second kappa shape index (κ2) is 8.72. The summed E-state index contributed by atoms with van der Waals surface area (Å²) in [5, 5.41) is 7.10. The molecule has 5 heterocycles. The first-order valence-electron chi connectivity index (χ1n) is 11.7. The first-order chi connectivity index (χ1) is 16.3. The number of furan rings is 1. The minimum Gasteiger partial charge on any atom is -0.472 e. The standard InChI is InChI=1S/C25H29N7O/c1-2-26-10-15-8-17(12-27-11-15)21-9-19-22(13-28-21)31-32-24(19)25-29-20-5-3-4-18(23(20)30-25)16-6-7-33-14-16/h3-8,11-12,14,19,21-22,24,26,28,31-32H,2,9-10,13H2,1H3,(H,29,30). The Morgan fingerprint density at radius 1 is 1.18 bits per heavy atom. The Labute approximate surface area is 192 Å². The second-order valence-electron chi connectivity index (χ2n) is 8.98. The third-order valence-electron chi connectivity index (χ3n) is 6.92. The van der Waals surface area contributed by atoms with Crippen molar-refractivity contribution in [2.45, 2.75) is 38.0 Å². The topological polar surface area (TPSA) is 103 Å². The molecule has 33 heavy (non-hydrogen) atoms. The van der Waals surface area contributed by atoms with E-state index < -0.39 is 0 Å². The molecule has 0 saturated carbocycles. The molecule has 0 aliphatic carbocycles. The number of fused-ring (bicyclic) bond motifs is 2. The summed E-state index contributed by atoms with van der Waals surface area (Å²) in [5.41, 5.74) is 13.6. The van der Waals surface area contributed by atoms with Gasteiger partial charge in [0.15, 0.2) is 0 Å². The zero-order valence-electron chi connectivity index (χ0n) is 18.6. The van der Waals surface area contributed by atoms with Gasteiger partial charge in [0, 0.05) is 54.6 Å². The van der Waals surface area contributed by atoms with Crippen molar-refractivity contribution in [1.82, 2.24) is 36.4 Å². The highest BCUT2D eigenvalue weighted by Crippen LogP contribution is 2.39. The van der Waals surface area contributed by atoms with Crippen molar-refractivity contribution in [3.05, 3.63) is 72.2 Å². The molecule has 5 N–H and O–H groups in total. The third-order valence-corrected chi connectivity index (χ3v) is 6.92. The SMILES string of the molecule is CCNCc1cncc(C2CC3C(CN2)NNC3c2nc3c(-c4ccoc4)cccc3[nH]2)c1. The van der Waals surface area contributed by atoms with Crippen molar-refractivity contribution in [1.29, 1.82) is 0 Å². The van der Waals surface area contributed by atoms with Gasteiger partial charge in [-0.1, -0.05) is 19.1 Å². The smallest absolute Gasteiger partial charge is 0.126 e. The number of hydrazine groups is 1. The Kier molecular flexibility index (Phi) is 5.43. The maximum Gasteiger partial charge on any atom is 0.126 e. The summed E-state index contributed by atoms with van der Waals surface area (Å²) < 4.78 is 5.30. The predicted molar refractivity (Wildman–Crippen MR) is 127 cm³/mol. The van der Waals surface area contributed by atoms with Gasteiger partial charge in [-0.15, -0.1) is 0 Å². The Hall–Kier alpha value is -3.04. The van der Waals surface area contributed by atoms with Crippen LogP contribution in [-0.2, 0) is 6.54 Å². The normalized spacial score (nSPS) is 24.9. The van der Waals surface area contributed by atoms with Crippen LogP contribution in [-0.4, -0.2) is 34.1 Å². The molecule has 4 atom stereocenters. The minimum atomic E-state index is 0.113. The summed E-state index contributed by atoms with van der Waals surface area (Å²) in [6, 6.07) is 11.2. The van der Waals surface area contributed by atoms with Gasteiger partial charge in [0.05, 0.1) is 29.6 Å². The minimum absolute atomic E-state index is 0.113. The molecular formula is C25H29N7O. The van der Waals surface area contributed by atoms with Gasteiger partial charge in [-0.05, 0) is 42.3 Å². The van der Waals surface area contributed by atoms with E-state index in [2.05, 4.69) is 62.6 Å². The lowest BCUT2D eigenvalue weighted by molar-refractivity contribution is 0.263. The number of rotatable bonds is 6. The molecule has 8 nitrogen and oxygen atoms in total. The number of hydrogen-bond acceptors (Lipinski definition) is 7. The van der Waals surface area contributed by atoms with Gasteiger partial charge in [0.25, 0.3) is 0 Å². The van der Waals surface area contributed by atoms with Crippen LogP contribution in [0.5, 0.6) is 0 Å². The molecule has 170 valence electrons. The number of para-hydroxylation sites is 1. The lowest BCUT2D eigenvalue weighted by Crippen LogP contribution is -2.46. The zero-order chi connectivity index (χ0) is 22.2. The van der Waals surface area contributed by atoms with Gasteiger partial charge in [-0.2, -0.15) is 0 Å². The van der Waals surface area contributed by atoms with Crippen LogP contribution in [0, 0.1) is 5.92 Å². The van der Waals surface area contributed by atoms with Crippen molar-refractivity contribution >= 4 is 11.0 Å². The number of piperidine rings is 1. The summed E-state index contributed by atoms with van der Waals surface area (Å²) in [4.78, 5) is 13.1. The highest BCUT2D eigenvalue weighted by Gasteiger charge is 2.42. The number of benzene rings is 1. The average molecular weight is 444 g/mol. The summed E-state index contributed by atoms with van der Waals surface area (Å²) in [6.45, 7) is 4.82. The number of imidazole rings is 1. The molecule has 2 aliphatic rings. The monoisotopic (exact) mass is 443 g/mol. The number of aromatic nitrogens is 3. The van der Waals surface area contributed by atoms with Gasteiger partial charge in [0.2, 0.25) is 0 Å². The molecule has 2 saturated heterocycles. The Balaban J connectivity index is 1.27. The van der Waals surface area contributed by atoms with Gasteiger partial charge < -0.3 is 20.0 Å². The summed E-state index contributed by atoms with van der Waals surface area (Å²) in [5.74, 6) is 1.38. The van der Waals surface area contributed by atoms with Gasteiger partial charge in [-0.3, -0.25) is 10.4 Å². The zero-order valence-corrected chi connectivity index (χ0v) is 18.6. The molecule has 4 unspecified atom stereocenters. The van der Waals surface area contributed by atoms with E-state index in [1.165, 1.54) is 11.1 Å². The lowest BCUT2D eigenvalue weighted by atomic mass is 9.82. The van der Waals surface area contributed by atoms with E-state index in [-0.39, 0.29) is 12.1 Å². The lowest BCUT2D eigenvalue weighted by Gasteiger charge is -2.34. The first-order valence-corrected chi connectivity index (χ1v) is 11.7. The van der Waals surface area contributed by atoms with Gasteiger partial charge in [0.1, 0.15) is 5.82 Å². The van der Waals surface area contributed by atoms with Crippen molar-refractivity contribution in [2.75, 3.05) is 13.1 Å². The molecule has 3 aromatic heterocycles. The second-order valence-corrected chi connectivity index (χ2v) is 8.98. The Morgan fingerprint density at radius 2 is 2.15 bits per heavy atom. The maximum absolute atomic E-state index is 5.30. The molecular weight excluding hydrogens is 414 g/mol. The largest absolute Gasteiger partial charge is 0.472 e. The van der Waals surface area contributed by atoms with E-state index in [1.807, 2.05) is 18.5 Å². The van der Waals surface area contributed by atoms with Crippen molar-refractivity contribution < 1.29 is 4.42 Å². The molecule has 0 spiro atoms. The fraction of sp³-hybridized carbons (Fsp3) is 0.360. The number of hydrogen-bond donors (Lipinski definition) is 5. The van der Waals surface area contributed by atoms with E-state index in [0.717, 1.165) is 54.0 Å². The Morgan fingerprint density at radius 3 is 3.03 bits per heavy atom. The highest BCUT2D eigenvalue weighted by molar-refractivity contribution is 5.91. The van der Waals surface area contributed by atoms with E-state index in [0.29, 0.717) is 12.0 Å². The maximum atomic E-state index is 5.30. The van der Waals surface area contributed by atoms with Crippen molar-refractivity contribution in [2.24, 2.45) is 5.92 Å². The number of H-pyrrole nitrogens is 1. The highest BCUT2D eigenvalue weighted by atomic mass is 16.3. The van der Waals surface area contributed by atoms with Crippen LogP contribution in [0.2, 0.25) is 0 Å². The summed E-state index contributed by atoms with van der Waals surface area (Å²) >= 11 is 0. The molecule has 4 aromatic rings. The van der Waals surface area contributed by atoms with Crippen LogP contribution in [0.15, 0.2) is 59.7 Å². The van der Waals surface area contributed by atoms with E-state index in [1.54, 1.807) is 12.5 Å². The molecule has 0 bridgehead atoms. The van der Waals surface area contributed by atoms with E-state index >= 15 is 0 Å². The number of aromatic amines is 1. The Bertz CT molecular complexity index is 1230. The van der Waals surface area contributed by atoms with Crippen molar-refractivity contribution in [3.8, 4) is 11.1 Å². The molecule has 6 rings (SSSR count).